The van der Waals surface area contributed by atoms with Gasteiger partial charge in [-0.25, -0.2) is 8.78 Å². The Balaban J connectivity index is 1.67. The van der Waals surface area contributed by atoms with Gasteiger partial charge in [0.15, 0.2) is 5.11 Å². The molecule has 21 heavy (non-hydrogen) atoms. The highest BCUT2D eigenvalue weighted by Crippen LogP contribution is 2.17. The molecular formula is C14H19F2N3OS. The summed E-state index contributed by atoms with van der Waals surface area (Å²) in [6.45, 7) is 5.05. The van der Waals surface area contributed by atoms with Crippen LogP contribution in [-0.4, -0.2) is 49.4 Å². The first-order valence-corrected chi connectivity index (χ1v) is 7.36. The molecule has 4 nitrogen and oxygen atoms in total. The maximum Gasteiger partial charge on any atom is 0.170 e. The number of anilines is 1. The maximum absolute atomic E-state index is 13.4. The number of thiocarbonyl (C=S) groups is 1. The van der Waals surface area contributed by atoms with Crippen LogP contribution in [0.4, 0.5) is 14.5 Å². The van der Waals surface area contributed by atoms with Crippen molar-refractivity contribution < 1.29 is 13.5 Å². The van der Waals surface area contributed by atoms with Crippen molar-refractivity contribution in [2.45, 2.75) is 6.42 Å². The van der Waals surface area contributed by atoms with Crippen LogP contribution in [0.3, 0.4) is 0 Å². The smallest absolute Gasteiger partial charge is 0.170 e. The number of morpholine rings is 1. The highest BCUT2D eigenvalue weighted by Gasteiger charge is 2.11. The van der Waals surface area contributed by atoms with Crippen molar-refractivity contribution in [2.24, 2.45) is 0 Å². The highest BCUT2D eigenvalue weighted by atomic mass is 32.1. The molecule has 0 spiro atoms. The summed E-state index contributed by atoms with van der Waals surface area (Å²) in [6.07, 6.45) is 0.904. The lowest BCUT2D eigenvalue weighted by atomic mass is 10.3. The lowest BCUT2D eigenvalue weighted by Crippen LogP contribution is -2.38. The molecule has 0 bridgehead atoms. The number of benzene rings is 1. The van der Waals surface area contributed by atoms with Crippen molar-refractivity contribution in [3.8, 4) is 0 Å². The number of hydrogen-bond donors (Lipinski definition) is 2. The van der Waals surface area contributed by atoms with Gasteiger partial charge in [-0.15, -0.1) is 0 Å². The third-order valence-corrected chi connectivity index (χ3v) is 3.49. The third kappa shape index (κ3) is 5.18. The van der Waals surface area contributed by atoms with Crippen LogP contribution in [0.5, 0.6) is 0 Å². The van der Waals surface area contributed by atoms with Gasteiger partial charge in [-0.3, -0.25) is 4.90 Å². The van der Waals surface area contributed by atoms with Crippen molar-refractivity contribution in [3.63, 3.8) is 0 Å². The van der Waals surface area contributed by atoms with Crippen LogP contribution in [0.25, 0.3) is 0 Å². The molecule has 1 heterocycles. The van der Waals surface area contributed by atoms with Gasteiger partial charge in [0.2, 0.25) is 0 Å². The number of para-hydroxylation sites is 1. The van der Waals surface area contributed by atoms with E-state index in [1.807, 2.05) is 0 Å². The third-order valence-electron chi connectivity index (χ3n) is 3.24. The molecule has 7 heteroatoms. The predicted octanol–water partition coefficient (Wildman–Crippen LogP) is 1.97. The van der Waals surface area contributed by atoms with Gasteiger partial charge in [0.1, 0.15) is 17.3 Å². The molecule has 0 unspecified atom stereocenters. The first kappa shape index (κ1) is 16.1. The lowest BCUT2D eigenvalue weighted by molar-refractivity contribution is 0.0376. The van der Waals surface area contributed by atoms with Gasteiger partial charge in [-0.2, -0.15) is 0 Å². The Morgan fingerprint density at radius 2 is 1.90 bits per heavy atom. The second-order valence-corrected chi connectivity index (χ2v) is 5.19. The van der Waals surface area contributed by atoms with Crippen molar-refractivity contribution in [1.82, 2.24) is 10.2 Å². The van der Waals surface area contributed by atoms with Gasteiger partial charge in [-0.05, 0) is 37.3 Å². The maximum atomic E-state index is 13.4. The van der Waals surface area contributed by atoms with E-state index in [4.69, 9.17) is 17.0 Å². The monoisotopic (exact) mass is 315 g/mol. The Labute approximate surface area is 128 Å². The standard InChI is InChI=1S/C14H19F2N3OS/c15-11-3-1-4-12(16)13(11)18-14(21)17-5-2-6-19-7-9-20-10-8-19/h1,3-4H,2,5-10H2,(H2,17,18,21). The second kappa shape index (κ2) is 8.21. The number of hydrogen-bond acceptors (Lipinski definition) is 3. The molecule has 1 aliphatic heterocycles. The van der Waals surface area contributed by atoms with Crippen LogP contribution >= 0.6 is 12.2 Å². The second-order valence-electron chi connectivity index (χ2n) is 4.79. The molecular weight excluding hydrogens is 296 g/mol. The number of rotatable bonds is 5. The van der Waals surface area contributed by atoms with E-state index in [1.165, 1.54) is 18.2 Å². The summed E-state index contributed by atoms with van der Waals surface area (Å²) in [7, 11) is 0. The minimum atomic E-state index is -0.660. The van der Waals surface area contributed by atoms with Crippen molar-refractivity contribution >= 4 is 23.0 Å². The molecule has 1 aliphatic rings. The van der Waals surface area contributed by atoms with E-state index in [0.717, 1.165) is 39.3 Å². The fourth-order valence-corrected chi connectivity index (χ4v) is 2.31. The largest absolute Gasteiger partial charge is 0.379 e. The molecule has 0 saturated carbocycles. The summed E-state index contributed by atoms with van der Waals surface area (Å²) in [6, 6.07) is 3.69. The summed E-state index contributed by atoms with van der Waals surface area (Å²) in [5.74, 6) is -1.32. The first-order valence-electron chi connectivity index (χ1n) is 6.96. The molecule has 1 saturated heterocycles. The van der Waals surface area contributed by atoms with Gasteiger partial charge in [0.25, 0.3) is 0 Å². The molecule has 0 aliphatic carbocycles. The van der Waals surface area contributed by atoms with Crippen molar-refractivity contribution in [3.05, 3.63) is 29.8 Å². The molecule has 1 aromatic rings. The zero-order valence-corrected chi connectivity index (χ0v) is 12.5. The van der Waals surface area contributed by atoms with Crippen molar-refractivity contribution in [2.75, 3.05) is 44.7 Å². The minimum Gasteiger partial charge on any atom is -0.379 e. The summed E-state index contributed by atoms with van der Waals surface area (Å²) < 4.78 is 32.1. The Bertz CT molecular complexity index is 461. The predicted molar refractivity (Wildman–Crippen MR) is 82.5 cm³/mol. The molecule has 116 valence electrons. The summed E-state index contributed by atoms with van der Waals surface area (Å²) in [5, 5.41) is 5.73. The first-order chi connectivity index (χ1) is 10.2. The van der Waals surface area contributed by atoms with E-state index in [-0.39, 0.29) is 10.8 Å². The van der Waals surface area contributed by atoms with E-state index in [9.17, 15) is 8.78 Å². The molecule has 1 fully saturated rings. The van der Waals surface area contributed by atoms with Gasteiger partial charge in [0, 0.05) is 19.6 Å². The van der Waals surface area contributed by atoms with Gasteiger partial charge in [-0.1, -0.05) is 6.07 Å². The molecule has 2 rings (SSSR count). The van der Waals surface area contributed by atoms with Gasteiger partial charge >= 0.3 is 0 Å². The lowest BCUT2D eigenvalue weighted by Gasteiger charge is -2.26. The molecule has 0 aromatic heterocycles. The van der Waals surface area contributed by atoms with Gasteiger partial charge in [0.05, 0.1) is 13.2 Å². The zero-order valence-electron chi connectivity index (χ0n) is 11.7. The van der Waals surface area contributed by atoms with Crippen LogP contribution < -0.4 is 10.6 Å². The van der Waals surface area contributed by atoms with Crippen molar-refractivity contribution in [1.29, 1.82) is 0 Å². The number of nitrogens with one attached hydrogen (secondary N) is 2. The molecule has 0 radical (unpaired) electrons. The van der Waals surface area contributed by atoms with E-state index < -0.39 is 11.6 Å². The fraction of sp³-hybridized carbons (Fsp3) is 0.500. The topological polar surface area (TPSA) is 36.5 Å². The minimum absolute atomic E-state index is 0.219. The quantitative estimate of drug-likeness (QED) is 0.642. The molecule has 0 atom stereocenters. The Kier molecular flexibility index (Phi) is 6.28. The summed E-state index contributed by atoms with van der Waals surface area (Å²) in [4.78, 5) is 2.32. The van der Waals surface area contributed by atoms with Crippen LogP contribution in [0.15, 0.2) is 18.2 Å². The van der Waals surface area contributed by atoms with E-state index >= 15 is 0 Å². The highest BCUT2D eigenvalue weighted by molar-refractivity contribution is 7.80. The van der Waals surface area contributed by atoms with Crippen LogP contribution in [0.1, 0.15) is 6.42 Å². The summed E-state index contributed by atoms with van der Waals surface area (Å²) in [5.41, 5.74) is -0.219. The number of nitrogens with zero attached hydrogens (tertiary/aromatic N) is 1. The Morgan fingerprint density at radius 1 is 1.24 bits per heavy atom. The summed E-state index contributed by atoms with van der Waals surface area (Å²) >= 11 is 5.04. The molecule has 1 aromatic carbocycles. The van der Waals surface area contributed by atoms with E-state index in [2.05, 4.69) is 15.5 Å². The SMILES string of the molecule is Fc1cccc(F)c1NC(=S)NCCCN1CCOCC1. The Morgan fingerprint density at radius 3 is 2.57 bits per heavy atom. The average Bonchev–Trinajstić information content (AvgIpc) is 2.49. The van der Waals surface area contributed by atoms with Gasteiger partial charge < -0.3 is 15.4 Å². The van der Waals surface area contributed by atoms with E-state index in [1.54, 1.807) is 0 Å². The molecule has 2 N–H and O–H groups in total. The van der Waals surface area contributed by atoms with E-state index in [0.29, 0.717) is 6.54 Å². The number of halogens is 2. The zero-order chi connectivity index (χ0) is 15.1. The van der Waals surface area contributed by atoms with Crippen LogP contribution in [0, 0.1) is 11.6 Å². The molecule has 0 amide bonds. The van der Waals surface area contributed by atoms with Crippen LogP contribution in [0.2, 0.25) is 0 Å². The average molecular weight is 315 g/mol. The Hall–Kier alpha value is -1.31. The number of ether oxygens (including phenoxy) is 1. The fourth-order valence-electron chi connectivity index (χ4n) is 2.10. The normalized spacial score (nSPS) is 15.7. The van der Waals surface area contributed by atoms with Crippen LogP contribution in [-0.2, 0) is 4.74 Å².